The Morgan fingerprint density at radius 3 is 2.61 bits per heavy atom. The molecule has 0 aliphatic heterocycles. The molecular formula is C16H21NO6. The molecule has 23 heavy (non-hydrogen) atoms. The molecule has 0 aliphatic rings. The molecule has 2 atom stereocenters. The van der Waals surface area contributed by atoms with Crippen molar-refractivity contribution in [2.75, 3.05) is 13.7 Å². The van der Waals surface area contributed by atoms with E-state index in [1.54, 1.807) is 18.2 Å². The fourth-order valence-corrected chi connectivity index (χ4v) is 2.00. The maximum Gasteiger partial charge on any atom is 0.328 e. The van der Waals surface area contributed by atoms with Crippen LogP contribution in [-0.4, -0.2) is 47.0 Å². The lowest BCUT2D eigenvalue weighted by Crippen LogP contribution is -2.27. The van der Waals surface area contributed by atoms with E-state index in [4.69, 9.17) is 9.84 Å². The molecule has 0 aromatic heterocycles. The second kappa shape index (κ2) is 8.92. The van der Waals surface area contributed by atoms with Crippen molar-refractivity contribution in [2.24, 2.45) is 0 Å². The summed E-state index contributed by atoms with van der Waals surface area (Å²) in [6.07, 6.45) is 0.272. The molecule has 7 heteroatoms. The van der Waals surface area contributed by atoms with Crippen molar-refractivity contribution in [3.05, 3.63) is 35.4 Å². The Hall–Kier alpha value is -2.38. The number of carboxylic acids is 1. The lowest BCUT2D eigenvalue weighted by atomic mass is 9.99. The molecule has 7 nitrogen and oxygen atoms in total. The summed E-state index contributed by atoms with van der Waals surface area (Å²) >= 11 is 0. The van der Waals surface area contributed by atoms with E-state index in [0.717, 1.165) is 6.08 Å². The monoisotopic (exact) mass is 323 g/mol. The van der Waals surface area contributed by atoms with Gasteiger partial charge < -0.3 is 25.4 Å². The number of carbonyl (C=O) groups excluding carboxylic acids is 1. The maximum absolute atomic E-state index is 10.8. The number of hydrogen-bond acceptors (Lipinski definition) is 5. The van der Waals surface area contributed by atoms with Crippen LogP contribution >= 0.6 is 0 Å². The zero-order valence-corrected chi connectivity index (χ0v) is 13.0. The quantitative estimate of drug-likeness (QED) is 0.524. The minimum atomic E-state index is -1.16. The molecule has 0 saturated heterocycles. The van der Waals surface area contributed by atoms with Crippen LogP contribution in [0.1, 0.15) is 30.6 Å². The highest BCUT2D eigenvalue weighted by Gasteiger charge is 2.19. The minimum absolute atomic E-state index is 0.188. The van der Waals surface area contributed by atoms with Crippen LogP contribution in [0.25, 0.3) is 6.08 Å². The van der Waals surface area contributed by atoms with Gasteiger partial charge >= 0.3 is 5.97 Å². The molecule has 0 aliphatic carbocycles. The molecule has 0 fully saturated rings. The van der Waals surface area contributed by atoms with Gasteiger partial charge in [-0.15, -0.1) is 0 Å². The summed E-state index contributed by atoms with van der Waals surface area (Å²) in [5.74, 6) is -0.864. The van der Waals surface area contributed by atoms with Crippen LogP contribution in [-0.2, 0) is 9.59 Å². The number of aliphatic carboxylic acids is 1. The molecule has 2 unspecified atom stereocenters. The van der Waals surface area contributed by atoms with E-state index in [1.165, 1.54) is 20.1 Å². The Morgan fingerprint density at radius 2 is 2.04 bits per heavy atom. The van der Waals surface area contributed by atoms with Crippen molar-refractivity contribution < 1.29 is 29.6 Å². The minimum Gasteiger partial charge on any atom is -0.496 e. The van der Waals surface area contributed by atoms with Crippen LogP contribution in [0.5, 0.6) is 5.75 Å². The Kier molecular flexibility index (Phi) is 7.24. The molecule has 0 heterocycles. The third kappa shape index (κ3) is 6.09. The number of hydrogen-bond donors (Lipinski definition) is 4. The normalized spacial score (nSPS) is 13.6. The SMILES string of the molecule is COc1ccc(C(O)C(O)CCNC(C)=O)cc1/C=C/C(=O)O. The third-order valence-electron chi connectivity index (χ3n) is 3.18. The molecule has 1 rings (SSSR count). The Balaban J connectivity index is 2.87. The number of aliphatic hydroxyl groups is 2. The average Bonchev–Trinajstić information content (AvgIpc) is 2.51. The Labute approximate surface area is 134 Å². The number of aliphatic hydroxyl groups excluding tert-OH is 2. The number of benzene rings is 1. The van der Waals surface area contributed by atoms with Gasteiger partial charge in [0.15, 0.2) is 0 Å². The molecule has 0 spiro atoms. The number of carboxylic acid groups (broad SMARTS) is 1. The van der Waals surface area contributed by atoms with Crippen LogP contribution in [0.15, 0.2) is 24.3 Å². The second-order valence-corrected chi connectivity index (χ2v) is 4.96. The summed E-state index contributed by atoms with van der Waals surface area (Å²) in [4.78, 5) is 21.4. The van der Waals surface area contributed by atoms with Gasteiger partial charge in [0.25, 0.3) is 0 Å². The summed E-state index contributed by atoms with van der Waals surface area (Å²) in [6, 6.07) is 4.72. The summed E-state index contributed by atoms with van der Waals surface area (Å²) in [6.45, 7) is 1.61. The zero-order chi connectivity index (χ0) is 17.4. The summed E-state index contributed by atoms with van der Waals surface area (Å²) in [5.41, 5.74) is 0.895. The highest BCUT2D eigenvalue weighted by molar-refractivity contribution is 5.86. The predicted molar refractivity (Wildman–Crippen MR) is 83.9 cm³/mol. The van der Waals surface area contributed by atoms with Gasteiger partial charge in [0.1, 0.15) is 11.9 Å². The van der Waals surface area contributed by atoms with Crippen LogP contribution in [0.4, 0.5) is 0 Å². The molecule has 0 radical (unpaired) electrons. The Morgan fingerprint density at radius 1 is 1.35 bits per heavy atom. The molecule has 0 saturated carbocycles. The highest BCUT2D eigenvalue weighted by atomic mass is 16.5. The van der Waals surface area contributed by atoms with E-state index in [9.17, 15) is 19.8 Å². The topological polar surface area (TPSA) is 116 Å². The first-order valence-corrected chi connectivity index (χ1v) is 7.04. The van der Waals surface area contributed by atoms with Crippen molar-refractivity contribution in [1.82, 2.24) is 5.32 Å². The summed E-state index contributed by atoms with van der Waals surface area (Å²) < 4.78 is 5.13. The standard InChI is InChI=1S/C16H21NO6/c1-10(18)17-8-7-13(19)16(22)12-3-5-14(23-2)11(9-12)4-6-15(20)21/h3-6,9,13,16,19,22H,7-8H2,1-2H3,(H,17,18)(H,20,21)/b6-4+. The van der Waals surface area contributed by atoms with Crippen LogP contribution < -0.4 is 10.1 Å². The molecule has 1 amide bonds. The summed E-state index contributed by atoms with van der Waals surface area (Å²) in [5, 5.41) is 31.4. The van der Waals surface area contributed by atoms with Gasteiger partial charge in [-0.3, -0.25) is 4.79 Å². The maximum atomic E-state index is 10.8. The zero-order valence-electron chi connectivity index (χ0n) is 13.0. The highest BCUT2D eigenvalue weighted by Crippen LogP contribution is 2.26. The van der Waals surface area contributed by atoms with E-state index in [2.05, 4.69) is 5.32 Å². The fourth-order valence-electron chi connectivity index (χ4n) is 2.00. The lowest BCUT2D eigenvalue weighted by Gasteiger charge is -2.19. The molecule has 126 valence electrons. The predicted octanol–water partition coefficient (Wildman–Crippen LogP) is 0.713. The van der Waals surface area contributed by atoms with Gasteiger partial charge in [-0.25, -0.2) is 4.79 Å². The van der Waals surface area contributed by atoms with E-state index < -0.39 is 18.2 Å². The largest absolute Gasteiger partial charge is 0.496 e. The van der Waals surface area contributed by atoms with Gasteiger partial charge in [-0.2, -0.15) is 0 Å². The number of amides is 1. The fraction of sp³-hybridized carbons (Fsp3) is 0.375. The van der Waals surface area contributed by atoms with Crippen molar-refractivity contribution >= 4 is 18.0 Å². The van der Waals surface area contributed by atoms with Gasteiger partial charge in [-0.05, 0) is 30.2 Å². The number of ether oxygens (including phenoxy) is 1. The van der Waals surface area contributed by atoms with Crippen LogP contribution in [0, 0.1) is 0 Å². The first-order chi connectivity index (χ1) is 10.8. The van der Waals surface area contributed by atoms with Gasteiger partial charge in [0.2, 0.25) is 5.91 Å². The number of carbonyl (C=O) groups is 2. The van der Waals surface area contributed by atoms with E-state index in [0.29, 0.717) is 16.9 Å². The Bertz CT molecular complexity index is 584. The molecule has 0 bridgehead atoms. The lowest BCUT2D eigenvalue weighted by molar-refractivity contribution is -0.131. The smallest absolute Gasteiger partial charge is 0.328 e. The molecule has 1 aromatic carbocycles. The third-order valence-corrected chi connectivity index (χ3v) is 3.18. The van der Waals surface area contributed by atoms with E-state index in [1.807, 2.05) is 0 Å². The van der Waals surface area contributed by atoms with Crippen molar-refractivity contribution in [1.29, 1.82) is 0 Å². The molecular weight excluding hydrogens is 302 g/mol. The number of rotatable bonds is 8. The van der Waals surface area contributed by atoms with Crippen LogP contribution in [0.2, 0.25) is 0 Å². The molecule has 4 N–H and O–H groups in total. The van der Waals surface area contributed by atoms with Crippen molar-refractivity contribution in [2.45, 2.75) is 25.6 Å². The van der Waals surface area contributed by atoms with E-state index in [-0.39, 0.29) is 18.9 Å². The van der Waals surface area contributed by atoms with Gasteiger partial charge in [0, 0.05) is 25.1 Å². The van der Waals surface area contributed by atoms with Crippen LogP contribution in [0.3, 0.4) is 0 Å². The molecule has 1 aromatic rings. The second-order valence-electron chi connectivity index (χ2n) is 4.96. The summed E-state index contributed by atoms with van der Waals surface area (Å²) in [7, 11) is 1.45. The number of nitrogens with one attached hydrogen (secondary N) is 1. The first kappa shape index (κ1) is 18.7. The number of methoxy groups -OCH3 is 1. The van der Waals surface area contributed by atoms with Crippen molar-refractivity contribution in [3.8, 4) is 5.75 Å². The van der Waals surface area contributed by atoms with E-state index >= 15 is 0 Å². The van der Waals surface area contributed by atoms with Crippen molar-refractivity contribution in [3.63, 3.8) is 0 Å². The first-order valence-electron chi connectivity index (χ1n) is 7.04. The average molecular weight is 323 g/mol. The van der Waals surface area contributed by atoms with Gasteiger partial charge in [-0.1, -0.05) is 6.07 Å². The van der Waals surface area contributed by atoms with Gasteiger partial charge in [0.05, 0.1) is 13.2 Å².